The molecule has 8 heteroatoms. The molecule has 0 radical (unpaired) electrons. The number of carbonyl (C=O) groups is 1. The first-order valence-corrected chi connectivity index (χ1v) is 7.18. The molecule has 1 heterocycles. The number of carbonyl (C=O) groups excluding carboxylic acids is 1. The number of ether oxygens (including phenoxy) is 1. The van der Waals surface area contributed by atoms with Crippen molar-refractivity contribution in [3.8, 4) is 5.75 Å². The first kappa shape index (κ1) is 19.6. The molecular weight excluding hydrogens is 333 g/mol. The van der Waals surface area contributed by atoms with Crippen molar-refractivity contribution in [3.63, 3.8) is 0 Å². The number of nitrogens with two attached hydrogens (primary N) is 1. The molecule has 2 atom stereocenters. The Kier molecular flexibility index (Phi) is 6.70. The van der Waals surface area contributed by atoms with Gasteiger partial charge in [-0.1, -0.05) is 6.92 Å². The molecule has 0 saturated carbocycles. The highest BCUT2D eigenvalue weighted by Gasteiger charge is 2.32. The summed E-state index contributed by atoms with van der Waals surface area (Å²) in [5.41, 5.74) is 6.09. The van der Waals surface area contributed by atoms with Crippen molar-refractivity contribution in [1.82, 2.24) is 4.90 Å². The van der Waals surface area contributed by atoms with E-state index in [2.05, 4.69) is 11.7 Å². The van der Waals surface area contributed by atoms with Crippen LogP contribution in [-0.2, 0) is 0 Å². The lowest BCUT2D eigenvalue weighted by molar-refractivity contribution is -0.274. The van der Waals surface area contributed by atoms with Gasteiger partial charge in [-0.2, -0.15) is 0 Å². The molecule has 0 aromatic heterocycles. The van der Waals surface area contributed by atoms with E-state index >= 15 is 0 Å². The fourth-order valence-electron chi connectivity index (χ4n) is 2.83. The lowest BCUT2D eigenvalue weighted by Gasteiger charge is -2.39. The highest BCUT2D eigenvalue weighted by Crippen LogP contribution is 2.26. The maximum atomic E-state index is 12.5. The summed E-state index contributed by atoms with van der Waals surface area (Å²) >= 11 is 0. The third kappa shape index (κ3) is 5.00. The molecule has 2 rings (SSSR count). The van der Waals surface area contributed by atoms with Gasteiger partial charge in [-0.05, 0) is 43.0 Å². The van der Waals surface area contributed by atoms with E-state index in [0.29, 0.717) is 24.6 Å². The predicted molar refractivity (Wildman–Crippen MR) is 82.6 cm³/mol. The van der Waals surface area contributed by atoms with Gasteiger partial charge in [0.2, 0.25) is 0 Å². The number of likely N-dealkylation sites (tertiary alicyclic amines) is 1. The average molecular weight is 353 g/mol. The van der Waals surface area contributed by atoms with Gasteiger partial charge < -0.3 is 15.4 Å². The molecule has 1 aliphatic heterocycles. The Hall–Kier alpha value is -1.47. The van der Waals surface area contributed by atoms with Crippen LogP contribution < -0.4 is 10.5 Å². The number of rotatable bonds is 3. The molecule has 1 aromatic carbocycles. The molecule has 0 aliphatic carbocycles. The van der Waals surface area contributed by atoms with E-state index in [1.54, 1.807) is 4.90 Å². The molecule has 0 spiro atoms. The SMILES string of the molecule is CC1CCCN(C(=O)c2ccc(OC(F)(F)F)cc2)C1CN.Cl. The van der Waals surface area contributed by atoms with Crippen molar-refractivity contribution in [2.75, 3.05) is 13.1 Å². The average Bonchev–Trinajstić information content (AvgIpc) is 2.45. The molecule has 2 unspecified atom stereocenters. The van der Waals surface area contributed by atoms with Crippen molar-refractivity contribution in [2.45, 2.75) is 32.2 Å². The van der Waals surface area contributed by atoms with Crippen LogP contribution in [0.15, 0.2) is 24.3 Å². The van der Waals surface area contributed by atoms with Crippen LogP contribution in [0, 0.1) is 5.92 Å². The van der Waals surface area contributed by atoms with Gasteiger partial charge in [0.05, 0.1) is 0 Å². The Labute approximate surface area is 139 Å². The number of halogens is 4. The number of piperidine rings is 1. The molecule has 2 N–H and O–H groups in total. The van der Waals surface area contributed by atoms with E-state index < -0.39 is 6.36 Å². The normalized spacial score (nSPS) is 21.5. The Balaban J connectivity index is 0.00000264. The van der Waals surface area contributed by atoms with Crippen LogP contribution in [0.3, 0.4) is 0 Å². The Morgan fingerprint density at radius 1 is 1.35 bits per heavy atom. The van der Waals surface area contributed by atoms with Crippen molar-refractivity contribution in [1.29, 1.82) is 0 Å². The van der Waals surface area contributed by atoms with Gasteiger partial charge in [0.25, 0.3) is 5.91 Å². The lowest BCUT2D eigenvalue weighted by Crippen LogP contribution is -2.51. The van der Waals surface area contributed by atoms with Gasteiger partial charge in [0, 0.05) is 24.7 Å². The highest BCUT2D eigenvalue weighted by atomic mass is 35.5. The van der Waals surface area contributed by atoms with Gasteiger partial charge in [-0.15, -0.1) is 25.6 Å². The van der Waals surface area contributed by atoms with Crippen molar-refractivity contribution >= 4 is 18.3 Å². The van der Waals surface area contributed by atoms with Crippen LogP contribution >= 0.6 is 12.4 Å². The molecule has 1 saturated heterocycles. The molecular formula is C15H20ClF3N2O2. The summed E-state index contributed by atoms with van der Waals surface area (Å²) in [4.78, 5) is 14.2. The van der Waals surface area contributed by atoms with E-state index in [0.717, 1.165) is 25.0 Å². The Morgan fingerprint density at radius 2 is 1.96 bits per heavy atom. The second-order valence-corrected chi connectivity index (χ2v) is 5.49. The zero-order valence-electron chi connectivity index (χ0n) is 12.7. The fourth-order valence-corrected chi connectivity index (χ4v) is 2.83. The number of hydrogen-bond acceptors (Lipinski definition) is 3. The smallest absolute Gasteiger partial charge is 0.406 e. The number of alkyl halides is 3. The molecule has 1 amide bonds. The summed E-state index contributed by atoms with van der Waals surface area (Å²) in [6, 6.07) is 4.94. The van der Waals surface area contributed by atoms with Gasteiger partial charge in [0.1, 0.15) is 5.75 Å². The summed E-state index contributed by atoms with van der Waals surface area (Å²) < 4.78 is 40.2. The summed E-state index contributed by atoms with van der Waals surface area (Å²) in [6.45, 7) is 3.05. The second-order valence-electron chi connectivity index (χ2n) is 5.49. The maximum Gasteiger partial charge on any atom is 0.573 e. The number of hydrogen-bond donors (Lipinski definition) is 1. The van der Waals surface area contributed by atoms with Gasteiger partial charge >= 0.3 is 6.36 Å². The summed E-state index contributed by atoms with van der Waals surface area (Å²) in [5.74, 6) is -0.234. The summed E-state index contributed by atoms with van der Waals surface area (Å²) in [6.07, 6.45) is -2.82. The van der Waals surface area contributed by atoms with Gasteiger partial charge in [-0.3, -0.25) is 4.79 Å². The van der Waals surface area contributed by atoms with E-state index in [9.17, 15) is 18.0 Å². The minimum absolute atomic E-state index is 0. The van der Waals surface area contributed by atoms with E-state index in [1.165, 1.54) is 12.1 Å². The predicted octanol–water partition coefficient (Wildman–Crippen LogP) is 3.21. The monoisotopic (exact) mass is 352 g/mol. The van der Waals surface area contributed by atoms with Crippen molar-refractivity contribution in [3.05, 3.63) is 29.8 Å². The van der Waals surface area contributed by atoms with E-state index in [4.69, 9.17) is 5.73 Å². The van der Waals surface area contributed by atoms with Gasteiger partial charge in [-0.25, -0.2) is 0 Å². The van der Waals surface area contributed by atoms with Crippen LogP contribution in [0.2, 0.25) is 0 Å². The fraction of sp³-hybridized carbons (Fsp3) is 0.533. The summed E-state index contributed by atoms with van der Waals surface area (Å²) in [5, 5.41) is 0. The zero-order valence-corrected chi connectivity index (χ0v) is 13.5. The highest BCUT2D eigenvalue weighted by molar-refractivity contribution is 5.94. The molecule has 1 fully saturated rings. The van der Waals surface area contributed by atoms with Gasteiger partial charge in [0.15, 0.2) is 0 Å². The van der Waals surface area contributed by atoms with Crippen LogP contribution in [0.5, 0.6) is 5.75 Å². The first-order chi connectivity index (χ1) is 10.3. The van der Waals surface area contributed by atoms with E-state index in [1.807, 2.05) is 0 Å². The first-order valence-electron chi connectivity index (χ1n) is 7.18. The minimum Gasteiger partial charge on any atom is -0.406 e. The van der Waals surface area contributed by atoms with E-state index in [-0.39, 0.29) is 30.1 Å². The van der Waals surface area contributed by atoms with Crippen molar-refractivity contribution in [2.24, 2.45) is 11.7 Å². The third-order valence-corrected chi connectivity index (χ3v) is 3.95. The number of nitrogens with zero attached hydrogens (tertiary/aromatic N) is 1. The second kappa shape index (κ2) is 7.88. The number of benzene rings is 1. The molecule has 1 aromatic rings. The van der Waals surface area contributed by atoms with Crippen molar-refractivity contribution < 1.29 is 22.7 Å². The van der Waals surface area contributed by atoms with Crippen LogP contribution in [0.1, 0.15) is 30.1 Å². The largest absolute Gasteiger partial charge is 0.573 e. The lowest BCUT2D eigenvalue weighted by atomic mass is 9.90. The molecule has 130 valence electrons. The Bertz CT molecular complexity index is 522. The number of amides is 1. The van der Waals surface area contributed by atoms with Crippen LogP contribution in [0.25, 0.3) is 0 Å². The quantitative estimate of drug-likeness (QED) is 0.908. The molecule has 0 bridgehead atoms. The molecule has 23 heavy (non-hydrogen) atoms. The van der Waals surface area contributed by atoms with Crippen LogP contribution in [0.4, 0.5) is 13.2 Å². The molecule has 1 aliphatic rings. The maximum absolute atomic E-state index is 12.5. The topological polar surface area (TPSA) is 55.6 Å². The third-order valence-electron chi connectivity index (χ3n) is 3.95. The standard InChI is InChI=1S/C15H19F3N2O2.ClH/c1-10-3-2-8-20(13(10)9-19)14(21)11-4-6-12(7-5-11)22-15(16,17)18;/h4-7,10,13H,2-3,8-9,19H2,1H3;1H. The molecule has 4 nitrogen and oxygen atoms in total. The van der Waals surface area contributed by atoms with Crippen LogP contribution in [-0.4, -0.2) is 36.3 Å². The zero-order chi connectivity index (χ0) is 16.3. The minimum atomic E-state index is -4.74. The Morgan fingerprint density at radius 3 is 2.48 bits per heavy atom. The summed E-state index contributed by atoms with van der Waals surface area (Å²) in [7, 11) is 0.